The summed E-state index contributed by atoms with van der Waals surface area (Å²) in [5.41, 5.74) is 3.64. The highest BCUT2D eigenvalue weighted by Crippen LogP contribution is 2.25. The topological polar surface area (TPSA) is 83.7 Å². The lowest BCUT2D eigenvalue weighted by Gasteiger charge is -2.06. The third kappa shape index (κ3) is 3.11. The molecule has 0 fully saturated rings. The zero-order valence-corrected chi connectivity index (χ0v) is 15.4. The summed E-state index contributed by atoms with van der Waals surface area (Å²) < 4.78 is 1.61. The Morgan fingerprint density at radius 2 is 2.00 bits per heavy atom. The lowest BCUT2D eigenvalue weighted by molar-refractivity contribution is 0.0945. The highest BCUT2D eigenvalue weighted by atomic mass is 32.1. The van der Waals surface area contributed by atoms with Crippen molar-refractivity contribution in [3.8, 4) is 11.3 Å². The second-order valence-electron chi connectivity index (χ2n) is 6.23. The van der Waals surface area contributed by atoms with Gasteiger partial charge in [-0.15, -0.1) is 11.3 Å². The molecule has 4 rings (SSSR count). The van der Waals surface area contributed by atoms with Crippen molar-refractivity contribution in [2.45, 2.75) is 6.92 Å². The Labute approximate surface area is 158 Å². The van der Waals surface area contributed by atoms with E-state index < -0.39 is 0 Å². The predicted octanol–water partition coefficient (Wildman–Crippen LogP) is 2.61. The van der Waals surface area contributed by atoms with Crippen LogP contribution in [0.4, 0.5) is 0 Å². The summed E-state index contributed by atoms with van der Waals surface area (Å²) in [7, 11) is 0. The number of nitrogens with zero attached hydrogens (tertiary/aromatic N) is 2. The highest BCUT2D eigenvalue weighted by Gasteiger charge is 2.14. The molecule has 0 saturated heterocycles. The zero-order chi connectivity index (χ0) is 19.0. The number of aromatic nitrogens is 2. The van der Waals surface area contributed by atoms with Crippen LogP contribution in [0, 0.1) is 6.92 Å². The van der Waals surface area contributed by atoms with Crippen molar-refractivity contribution in [2.24, 2.45) is 0 Å². The number of hydrogen-bond acceptors (Lipinski definition) is 5. The molecule has 4 aromatic rings. The van der Waals surface area contributed by atoms with Crippen molar-refractivity contribution >= 4 is 33.1 Å². The van der Waals surface area contributed by atoms with Gasteiger partial charge in [0.1, 0.15) is 0 Å². The number of aryl methyl sites for hydroxylation is 1. The molecule has 136 valence electrons. The van der Waals surface area contributed by atoms with Gasteiger partial charge in [0.2, 0.25) is 0 Å². The van der Waals surface area contributed by atoms with E-state index in [0.29, 0.717) is 21.4 Å². The van der Waals surface area contributed by atoms with Gasteiger partial charge in [-0.25, -0.2) is 4.98 Å². The number of aliphatic hydroxyl groups is 1. The van der Waals surface area contributed by atoms with Gasteiger partial charge >= 0.3 is 0 Å². The summed E-state index contributed by atoms with van der Waals surface area (Å²) in [6, 6.07) is 12.8. The average molecular weight is 379 g/mol. The fourth-order valence-corrected chi connectivity index (χ4v) is 3.85. The fraction of sp³-hybridized carbons (Fsp3) is 0.150. The molecule has 0 radical (unpaired) electrons. The van der Waals surface area contributed by atoms with E-state index in [9.17, 15) is 9.59 Å². The van der Waals surface area contributed by atoms with E-state index in [4.69, 9.17) is 5.11 Å². The van der Waals surface area contributed by atoms with Crippen LogP contribution in [0.3, 0.4) is 0 Å². The molecule has 0 saturated carbocycles. The van der Waals surface area contributed by atoms with Gasteiger partial charge in [-0.2, -0.15) is 0 Å². The third-order valence-corrected chi connectivity index (χ3v) is 5.19. The van der Waals surface area contributed by atoms with Crippen molar-refractivity contribution in [1.82, 2.24) is 14.7 Å². The molecule has 7 heteroatoms. The van der Waals surface area contributed by atoms with Crippen LogP contribution >= 0.6 is 11.3 Å². The molecular formula is C20H17N3O3S. The van der Waals surface area contributed by atoms with Crippen molar-refractivity contribution in [3.63, 3.8) is 0 Å². The van der Waals surface area contributed by atoms with Crippen LogP contribution in [0.1, 0.15) is 15.9 Å². The van der Waals surface area contributed by atoms with Gasteiger partial charge in [-0.05, 0) is 30.7 Å². The van der Waals surface area contributed by atoms with Gasteiger partial charge in [-0.1, -0.05) is 29.8 Å². The van der Waals surface area contributed by atoms with E-state index in [2.05, 4.69) is 10.3 Å². The standard InChI is InChI=1S/C20H17N3O3S/c1-12-2-4-13(5-3-12)17-11-27-20-22-16-10-14(18(25)21-8-9-24)6-7-15(16)19(26)23(17)20/h2-7,10-11,24H,8-9H2,1H3,(H,21,25). The summed E-state index contributed by atoms with van der Waals surface area (Å²) in [6.45, 7) is 2.07. The van der Waals surface area contributed by atoms with Crippen LogP contribution in [-0.2, 0) is 0 Å². The molecule has 0 aliphatic heterocycles. The number of nitrogens with one attached hydrogen (secondary N) is 1. The quantitative estimate of drug-likeness (QED) is 0.571. The maximum Gasteiger partial charge on any atom is 0.266 e. The minimum absolute atomic E-state index is 0.128. The molecular weight excluding hydrogens is 362 g/mol. The second-order valence-corrected chi connectivity index (χ2v) is 7.07. The molecule has 27 heavy (non-hydrogen) atoms. The van der Waals surface area contributed by atoms with Crippen LogP contribution in [-0.4, -0.2) is 33.6 Å². The van der Waals surface area contributed by atoms with E-state index in [0.717, 1.165) is 16.8 Å². The number of carbonyl (C=O) groups excluding carboxylic acids is 1. The Hall–Kier alpha value is -3.03. The zero-order valence-electron chi connectivity index (χ0n) is 14.6. The van der Waals surface area contributed by atoms with Gasteiger partial charge in [0.25, 0.3) is 11.5 Å². The van der Waals surface area contributed by atoms with Crippen molar-refractivity contribution in [3.05, 3.63) is 69.3 Å². The maximum atomic E-state index is 13.1. The minimum atomic E-state index is -0.306. The van der Waals surface area contributed by atoms with Crippen LogP contribution in [0.2, 0.25) is 0 Å². The van der Waals surface area contributed by atoms with E-state index in [1.54, 1.807) is 22.6 Å². The van der Waals surface area contributed by atoms with Gasteiger partial charge in [-0.3, -0.25) is 14.0 Å². The Morgan fingerprint density at radius 3 is 2.74 bits per heavy atom. The van der Waals surface area contributed by atoms with Gasteiger partial charge in [0, 0.05) is 17.5 Å². The van der Waals surface area contributed by atoms with Gasteiger partial charge in [0.15, 0.2) is 4.96 Å². The molecule has 0 spiro atoms. The Kier molecular flexibility index (Phi) is 4.47. The number of amides is 1. The molecule has 0 aliphatic rings. The van der Waals surface area contributed by atoms with E-state index in [1.165, 1.54) is 11.3 Å². The van der Waals surface area contributed by atoms with E-state index >= 15 is 0 Å². The number of aliphatic hydroxyl groups excluding tert-OH is 1. The van der Waals surface area contributed by atoms with Crippen molar-refractivity contribution < 1.29 is 9.90 Å². The summed E-state index contributed by atoms with van der Waals surface area (Å²) in [5, 5.41) is 13.8. The molecule has 0 bridgehead atoms. The van der Waals surface area contributed by atoms with Crippen LogP contribution < -0.4 is 10.9 Å². The van der Waals surface area contributed by atoms with Gasteiger partial charge in [0.05, 0.1) is 23.2 Å². The lowest BCUT2D eigenvalue weighted by atomic mass is 10.1. The van der Waals surface area contributed by atoms with Crippen LogP contribution in [0.5, 0.6) is 0 Å². The monoisotopic (exact) mass is 379 g/mol. The van der Waals surface area contributed by atoms with E-state index in [-0.39, 0.29) is 24.6 Å². The number of carbonyl (C=O) groups is 1. The molecule has 2 N–H and O–H groups in total. The number of hydrogen-bond donors (Lipinski definition) is 2. The lowest BCUT2D eigenvalue weighted by Crippen LogP contribution is -2.26. The minimum Gasteiger partial charge on any atom is -0.395 e. The normalized spacial score (nSPS) is 11.2. The summed E-state index contributed by atoms with van der Waals surface area (Å²) in [5.74, 6) is -0.306. The number of thiazole rings is 1. The van der Waals surface area contributed by atoms with Crippen molar-refractivity contribution in [1.29, 1.82) is 0 Å². The first-order chi connectivity index (χ1) is 13.1. The largest absolute Gasteiger partial charge is 0.395 e. The van der Waals surface area contributed by atoms with E-state index in [1.807, 2.05) is 36.6 Å². The predicted molar refractivity (Wildman–Crippen MR) is 106 cm³/mol. The Morgan fingerprint density at radius 1 is 1.22 bits per heavy atom. The fourth-order valence-electron chi connectivity index (χ4n) is 2.95. The van der Waals surface area contributed by atoms with Crippen molar-refractivity contribution in [2.75, 3.05) is 13.2 Å². The molecule has 1 amide bonds. The second kappa shape index (κ2) is 6.94. The number of rotatable bonds is 4. The average Bonchev–Trinajstić information content (AvgIpc) is 3.10. The smallest absolute Gasteiger partial charge is 0.266 e. The molecule has 2 aromatic heterocycles. The van der Waals surface area contributed by atoms with Crippen LogP contribution in [0.15, 0.2) is 52.6 Å². The first-order valence-electron chi connectivity index (χ1n) is 8.48. The van der Waals surface area contributed by atoms with Gasteiger partial charge < -0.3 is 10.4 Å². The number of fused-ring (bicyclic) bond motifs is 2. The SMILES string of the molecule is Cc1ccc(-c2csc3nc4cc(C(=O)NCCO)ccc4c(=O)n23)cc1. The third-order valence-electron chi connectivity index (χ3n) is 4.36. The summed E-state index contributed by atoms with van der Waals surface area (Å²) in [4.78, 5) is 30.3. The molecule has 2 heterocycles. The summed E-state index contributed by atoms with van der Waals surface area (Å²) >= 11 is 1.39. The molecule has 0 unspecified atom stereocenters. The first-order valence-corrected chi connectivity index (χ1v) is 9.36. The molecule has 0 atom stereocenters. The molecule has 6 nitrogen and oxygen atoms in total. The summed E-state index contributed by atoms with van der Waals surface area (Å²) in [6.07, 6.45) is 0. The first kappa shape index (κ1) is 17.4. The highest BCUT2D eigenvalue weighted by molar-refractivity contribution is 7.15. The maximum absolute atomic E-state index is 13.1. The molecule has 0 aliphatic carbocycles. The number of benzene rings is 2. The molecule has 2 aromatic carbocycles. The Bertz CT molecular complexity index is 1210. The van der Waals surface area contributed by atoms with Crippen LogP contribution in [0.25, 0.3) is 27.1 Å². The Balaban J connectivity index is 1.86.